The minimum Gasteiger partial charge on any atom is -0.334 e. The summed E-state index contributed by atoms with van der Waals surface area (Å²) in [6, 6.07) is 10.4. The Morgan fingerprint density at radius 1 is 1.07 bits per heavy atom. The molecule has 1 heterocycles. The highest BCUT2D eigenvalue weighted by Crippen LogP contribution is 2.31. The number of hydrazine groups is 1. The van der Waals surface area contributed by atoms with E-state index in [0.29, 0.717) is 5.69 Å². The van der Waals surface area contributed by atoms with Crippen LogP contribution in [0.3, 0.4) is 0 Å². The fraction of sp³-hybridized carbons (Fsp3) is 0.105. The number of aromatic nitrogens is 2. The van der Waals surface area contributed by atoms with Crippen molar-refractivity contribution in [3.8, 4) is 0 Å². The number of amides is 1. The maximum Gasteiger partial charge on any atom is 0.355 e. The second-order valence-electron chi connectivity index (χ2n) is 6.21. The van der Waals surface area contributed by atoms with E-state index in [4.69, 9.17) is 0 Å². The molecule has 3 aromatic rings. The average Bonchev–Trinajstić information content (AvgIpc) is 2.68. The first kappa shape index (κ1) is 19.7. The first-order valence-electron chi connectivity index (χ1n) is 8.50. The highest BCUT2D eigenvalue weighted by molar-refractivity contribution is 5.95. The number of nitrogens with zero attached hydrogens (tertiary/aromatic N) is 3. The molecular formula is C19H17FN6O3. The van der Waals surface area contributed by atoms with E-state index in [2.05, 4.69) is 26.1 Å². The Bertz CT molecular complexity index is 1070. The summed E-state index contributed by atoms with van der Waals surface area (Å²) in [5.41, 5.74) is 7.06. The van der Waals surface area contributed by atoms with Crippen molar-refractivity contribution in [1.82, 2.24) is 15.4 Å². The average molecular weight is 396 g/mol. The Morgan fingerprint density at radius 2 is 1.76 bits per heavy atom. The molecule has 3 rings (SSSR count). The molecule has 0 saturated carbocycles. The van der Waals surface area contributed by atoms with Crippen LogP contribution in [0.1, 0.15) is 21.5 Å². The summed E-state index contributed by atoms with van der Waals surface area (Å²) in [5, 5.41) is 14.5. The number of nitrogens with one attached hydrogen (secondary N) is 3. The number of rotatable bonds is 6. The molecule has 0 bridgehead atoms. The van der Waals surface area contributed by atoms with Crippen LogP contribution >= 0.6 is 0 Å². The Morgan fingerprint density at radius 3 is 2.41 bits per heavy atom. The lowest BCUT2D eigenvalue weighted by Gasteiger charge is -2.12. The summed E-state index contributed by atoms with van der Waals surface area (Å²) < 4.78 is 13.0. The summed E-state index contributed by atoms with van der Waals surface area (Å²) >= 11 is 0. The maximum absolute atomic E-state index is 13.0. The highest BCUT2D eigenvalue weighted by Gasteiger charge is 2.24. The van der Waals surface area contributed by atoms with Crippen molar-refractivity contribution in [2.75, 3.05) is 10.7 Å². The van der Waals surface area contributed by atoms with E-state index in [9.17, 15) is 19.3 Å². The normalized spacial score (nSPS) is 10.3. The van der Waals surface area contributed by atoms with Gasteiger partial charge >= 0.3 is 5.69 Å². The fourth-order valence-electron chi connectivity index (χ4n) is 2.61. The fourth-order valence-corrected chi connectivity index (χ4v) is 2.61. The Kier molecular flexibility index (Phi) is 5.63. The van der Waals surface area contributed by atoms with Gasteiger partial charge in [0.15, 0.2) is 0 Å². The van der Waals surface area contributed by atoms with Gasteiger partial charge in [-0.2, -0.15) is 0 Å². The number of hydrogen-bond acceptors (Lipinski definition) is 7. The second kappa shape index (κ2) is 8.30. The van der Waals surface area contributed by atoms with Gasteiger partial charge in [0.05, 0.1) is 4.92 Å². The van der Waals surface area contributed by atoms with Gasteiger partial charge in [-0.1, -0.05) is 17.7 Å². The molecule has 0 aliphatic rings. The molecule has 0 unspecified atom stereocenters. The molecule has 0 aliphatic carbocycles. The van der Waals surface area contributed by atoms with E-state index in [-0.39, 0.29) is 17.2 Å². The number of halogens is 1. The lowest BCUT2D eigenvalue weighted by molar-refractivity contribution is -0.383. The van der Waals surface area contributed by atoms with Crippen molar-refractivity contribution in [2.45, 2.75) is 13.8 Å². The number of hydrogen-bond donors (Lipinski definition) is 3. The Hall–Kier alpha value is -4.08. The topological polar surface area (TPSA) is 122 Å². The van der Waals surface area contributed by atoms with Crippen molar-refractivity contribution < 1.29 is 14.1 Å². The van der Waals surface area contributed by atoms with Crippen molar-refractivity contribution in [1.29, 1.82) is 0 Å². The summed E-state index contributed by atoms with van der Waals surface area (Å²) in [6.45, 7) is 3.81. The minimum atomic E-state index is -0.655. The molecule has 0 radical (unpaired) electrons. The molecule has 29 heavy (non-hydrogen) atoms. The van der Waals surface area contributed by atoms with Gasteiger partial charge in [0.1, 0.15) is 12.1 Å². The zero-order chi connectivity index (χ0) is 21.0. The van der Waals surface area contributed by atoms with Gasteiger partial charge in [-0.3, -0.25) is 25.8 Å². The molecule has 2 aromatic carbocycles. The van der Waals surface area contributed by atoms with Gasteiger partial charge in [0, 0.05) is 11.3 Å². The third-order valence-electron chi connectivity index (χ3n) is 4.04. The largest absolute Gasteiger partial charge is 0.355 e. The number of benzene rings is 2. The zero-order valence-electron chi connectivity index (χ0n) is 15.6. The monoisotopic (exact) mass is 396 g/mol. The number of carbonyl (C=O) groups is 1. The van der Waals surface area contributed by atoms with Gasteiger partial charge in [-0.15, -0.1) is 0 Å². The molecule has 3 N–H and O–H groups in total. The van der Waals surface area contributed by atoms with Crippen LogP contribution in [0.4, 0.5) is 27.4 Å². The molecule has 0 aliphatic heterocycles. The SMILES string of the molecule is Cc1ccc(Nc2ncnc(NNC(=O)c3ccc(F)cc3)c2[N+](=O)[O-])c(C)c1. The van der Waals surface area contributed by atoms with Crippen molar-refractivity contribution in [2.24, 2.45) is 0 Å². The third-order valence-corrected chi connectivity index (χ3v) is 4.04. The first-order valence-corrected chi connectivity index (χ1v) is 8.50. The zero-order valence-corrected chi connectivity index (χ0v) is 15.6. The van der Waals surface area contributed by atoms with Crippen LogP contribution in [-0.4, -0.2) is 20.8 Å². The van der Waals surface area contributed by atoms with E-state index < -0.39 is 22.3 Å². The van der Waals surface area contributed by atoms with E-state index in [0.717, 1.165) is 29.6 Å². The van der Waals surface area contributed by atoms with E-state index in [1.54, 1.807) is 6.07 Å². The van der Waals surface area contributed by atoms with Crippen LogP contribution in [0.2, 0.25) is 0 Å². The van der Waals surface area contributed by atoms with Gasteiger partial charge in [-0.25, -0.2) is 14.4 Å². The predicted octanol–water partition coefficient (Wildman–Crippen LogP) is 3.64. The smallest absolute Gasteiger partial charge is 0.334 e. The number of nitro groups is 1. The van der Waals surface area contributed by atoms with Crippen LogP contribution in [-0.2, 0) is 0 Å². The molecule has 0 fully saturated rings. The summed E-state index contributed by atoms with van der Waals surface area (Å²) in [4.78, 5) is 30.9. The molecular weight excluding hydrogens is 379 g/mol. The van der Waals surface area contributed by atoms with Crippen LogP contribution in [0.5, 0.6) is 0 Å². The first-order chi connectivity index (χ1) is 13.8. The van der Waals surface area contributed by atoms with Crippen LogP contribution in [0.15, 0.2) is 48.8 Å². The standard InChI is InChI=1S/C19H17FN6O3/c1-11-3-8-15(12(2)9-11)23-17-16(26(28)29)18(22-10-21-17)24-25-19(27)13-4-6-14(20)7-5-13/h3-10H,1-2H3,(H,25,27)(H2,21,22,23,24). The molecule has 0 atom stereocenters. The van der Waals surface area contributed by atoms with Gasteiger partial charge in [0.2, 0.25) is 11.6 Å². The summed E-state index contributed by atoms with van der Waals surface area (Å²) in [6.07, 6.45) is 1.13. The molecule has 1 amide bonds. The van der Waals surface area contributed by atoms with Gasteiger partial charge in [0.25, 0.3) is 5.91 Å². The van der Waals surface area contributed by atoms with Crippen LogP contribution in [0, 0.1) is 29.8 Å². The number of carbonyl (C=O) groups excluding carboxylic acids is 1. The Labute approximate surface area is 165 Å². The van der Waals surface area contributed by atoms with Crippen LogP contribution < -0.4 is 16.2 Å². The molecule has 1 aromatic heterocycles. The third kappa shape index (κ3) is 4.61. The number of aryl methyl sites for hydroxylation is 2. The lowest BCUT2D eigenvalue weighted by Crippen LogP contribution is -2.30. The minimum absolute atomic E-state index is 0.0320. The molecule has 148 valence electrons. The molecule has 9 nitrogen and oxygen atoms in total. The van der Waals surface area contributed by atoms with E-state index >= 15 is 0 Å². The quantitative estimate of drug-likeness (QED) is 0.429. The van der Waals surface area contributed by atoms with E-state index in [1.165, 1.54) is 12.1 Å². The predicted molar refractivity (Wildman–Crippen MR) is 105 cm³/mol. The lowest BCUT2D eigenvalue weighted by atomic mass is 10.1. The Balaban J connectivity index is 1.83. The molecule has 0 saturated heterocycles. The van der Waals surface area contributed by atoms with Gasteiger partial charge < -0.3 is 5.32 Å². The molecule has 10 heteroatoms. The van der Waals surface area contributed by atoms with Crippen molar-refractivity contribution in [3.63, 3.8) is 0 Å². The highest BCUT2D eigenvalue weighted by atomic mass is 19.1. The second-order valence-corrected chi connectivity index (χ2v) is 6.21. The molecule has 0 spiro atoms. The summed E-state index contributed by atoms with van der Waals surface area (Å²) in [7, 11) is 0. The van der Waals surface area contributed by atoms with E-state index in [1.807, 2.05) is 26.0 Å². The van der Waals surface area contributed by atoms with Gasteiger partial charge in [-0.05, 0) is 49.7 Å². The maximum atomic E-state index is 13.0. The summed E-state index contributed by atoms with van der Waals surface area (Å²) in [5.74, 6) is -1.33. The van der Waals surface area contributed by atoms with Crippen LogP contribution in [0.25, 0.3) is 0 Å². The number of anilines is 3. The van der Waals surface area contributed by atoms with Crippen molar-refractivity contribution in [3.05, 3.63) is 81.4 Å². The van der Waals surface area contributed by atoms with Crippen molar-refractivity contribution >= 4 is 28.9 Å².